The van der Waals surface area contributed by atoms with E-state index in [1.807, 2.05) is 91.0 Å². The minimum Gasteiger partial charge on any atom is -0.395 e. The molecule has 0 spiro atoms. The Kier molecular flexibility index (Phi) is 8.34. The molecule has 10 nitrogen and oxygen atoms in total. The van der Waals surface area contributed by atoms with Crippen LogP contribution in [0.25, 0.3) is 0 Å². The van der Waals surface area contributed by atoms with Crippen LogP contribution in [0.3, 0.4) is 0 Å². The lowest BCUT2D eigenvalue weighted by molar-refractivity contribution is -0.0780. The lowest BCUT2D eigenvalue weighted by atomic mass is 9.80. The second-order valence-electron chi connectivity index (χ2n) is 9.81. The molecule has 1 aliphatic rings. The van der Waals surface area contributed by atoms with Crippen molar-refractivity contribution in [1.82, 2.24) is 9.55 Å². The average molecular weight is 578 g/mol. The molecule has 2 heterocycles. The number of benzene rings is 3. The number of sulfone groups is 1. The van der Waals surface area contributed by atoms with Crippen LogP contribution in [0.4, 0.5) is 0 Å². The molecule has 3 aromatic carbocycles. The summed E-state index contributed by atoms with van der Waals surface area (Å²) < 4.78 is 40.8. The van der Waals surface area contributed by atoms with Gasteiger partial charge in [-0.2, -0.15) is 0 Å². The molecule has 0 unspecified atom stereocenters. The fraction of sp³-hybridized carbons (Fsp3) is 0.267. The van der Waals surface area contributed by atoms with Crippen LogP contribution < -0.4 is 17.0 Å². The monoisotopic (exact) mass is 577 g/mol. The topological polar surface area (TPSA) is 154 Å². The van der Waals surface area contributed by atoms with Gasteiger partial charge >= 0.3 is 5.69 Å². The summed E-state index contributed by atoms with van der Waals surface area (Å²) in [6, 6.07) is 28.6. The van der Waals surface area contributed by atoms with Gasteiger partial charge in [-0.15, -0.1) is 0 Å². The van der Waals surface area contributed by atoms with Crippen molar-refractivity contribution in [1.29, 1.82) is 0 Å². The summed E-state index contributed by atoms with van der Waals surface area (Å²) in [7, 11) is -4.00. The Labute approximate surface area is 236 Å². The van der Waals surface area contributed by atoms with Crippen LogP contribution in [0, 0.1) is 0 Å². The van der Waals surface area contributed by atoms with E-state index in [0.717, 1.165) is 27.3 Å². The van der Waals surface area contributed by atoms with Crippen LogP contribution in [0.5, 0.6) is 0 Å². The van der Waals surface area contributed by atoms with E-state index in [1.165, 1.54) is 6.20 Å². The summed E-state index contributed by atoms with van der Waals surface area (Å²) in [6.07, 6.45) is -1.10. The Morgan fingerprint density at radius 1 is 0.878 bits per heavy atom. The van der Waals surface area contributed by atoms with Crippen LogP contribution >= 0.6 is 0 Å². The van der Waals surface area contributed by atoms with Gasteiger partial charge in [-0.1, -0.05) is 91.0 Å². The van der Waals surface area contributed by atoms with Crippen molar-refractivity contribution in [2.45, 2.75) is 29.2 Å². The maximum Gasteiger partial charge on any atom is 0.330 e. The SMILES string of the molecule is N[C@@H]1[C@H](S(=O)(=O)CCO)[C@@H](COC(c2ccccc2)(c2ccccc2)c2ccccc2)O[C@H]1n1ccc(=O)[nH]c1=O. The smallest absolute Gasteiger partial charge is 0.330 e. The zero-order chi connectivity index (χ0) is 29.0. The van der Waals surface area contributed by atoms with Crippen LogP contribution in [-0.2, 0) is 24.9 Å². The van der Waals surface area contributed by atoms with Gasteiger partial charge in [-0.05, 0) is 16.7 Å². The molecule has 0 aliphatic carbocycles. The van der Waals surface area contributed by atoms with Crippen LogP contribution in [0.2, 0.25) is 0 Å². The second-order valence-corrected chi connectivity index (χ2v) is 12.1. The van der Waals surface area contributed by atoms with Crippen LogP contribution in [-0.4, -0.2) is 59.4 Å². The average Bonchev–Trinajstić information content (AvgIpc) is 3.31. The molecule has 1 fully saturated rings. The molecule has 11 heteroatoms. The highest BCUT2D eigenvalue weighted by atomic mass is 32.2. The standard InChI is InChI=1S/C30H31N3O7S/c31-26-27(41(37,38)19-18-34)24(40-28(26)33-17-16-25(35)32-29(33)36)20-39-30(21-10-4-1-5-11-21,22-12-6-2-7-13-22)23-14-8-3-9-15-23/h1-17,24,26-28,34H,18-20,31H2,(H,32,35,36)/t24-,26-,27-,28-/m1/s1. The number of aromatic nitrogens is 2. The highest BCUT2D eigenvalue weighted by molar-refractivity contribution is 7.92. The Hall–Kier alpha value is -3.87. The number of nitrogens with two attached hydrogens (primary N) is 1. The van der Waals surface area contributed by atoms with E-state index in [4.69, 9.17) is 15.2 Å². The van der Waals surface area contributed by atoms with E-state index in [0.29, 0.717) is 0 Å². The number of rotatable bonds is 10. The number of hydrogen-bond acceptors (Lipinski definition) is 8. The molecule has 214 valence electrons. The molecular weight excluding hydrogens is 546 g/mol. The van der Waals surface area contributed by atoms with E-state index in [1.54, 1.807) is 0 Å². The highest BCUT2D eigenvalue weighted by Crippen LogP contribution is 2.42. The van der Waals surface area contributed by atoms with E-state index in [9.17, 15) is 23.1 Å². The first kappa shape index (κ1) is 28.7. The second kappa shape index (κ2) is 11.9. The van der Waals surface area contributed by atoms with Crippen molar-refractivity contribution in [2.75, 3.05) is 19.0 Å². The largest absolute Gasteiger partial charge is 0.395 e. The first-order valence-corrected chi connectivity index (χ1v) is 14.8. The quantitative estimate of drug-likeness (QED) is 0.240. The van der Waals surface area contributed by atoms with E-state index >= 15 is 0 Å². The third-order valence-electron chi connectivity index (χ3n) is 7.31. The Bertz CT molecular complexity index is 1580. The van der Waals surface area contributed by atoms with Crippen molar-refractivity contribution >= 4 is 9.84 Å². The fourth-order valence-corrected chi connectivity index (χ4v) is 7.23. The van der Waals surface area contributed by atoms with E-state index in [2.05, 4.69) is 4.98 Å². The summed E-state index contributed by atoms with van der Waals surface area (Å²) in [4.78, 5) is 26.4. The molecule has 1 aliphatic heterocycles. The van der Waals surface area contributed by atoms with Gasteiger partial charge < -0.3 is 20.3 Å². The van der Waals surface area contributed by atoms with Gasteiger partial charge in [-0.3, -0.25) is 14.3 Å². The zero-order valence-electron chi connectivity index (χ0n) is 22.1. The Morgan fingerprint density at radius 2 is 1.39 bits per heavy atom. The molecule has 0 radical (unpaired) electrons. The number of nitrogens with one attached hydrogen (secondary N) is 1. The van der Waals surface area contributed by atoms with Crippen LogP contribution in [0.1, 0.15) is 22.9 Å². The summed E-state index contributed by atoms with van der Waals surface area (Å²) in [6.45, 7) is -0.833. The van der Waals surface area contributed by atoms with Crippen molar-refractivity contribution in [3.05, 3.63) is 141 Å². The Morgan fingerprint density at radius 3 is 1.85 bits per heavy atom. The molecule has 0 saturated carbocycles. The van der Waals surface area contributed by atoms with E-state index < -0.39 is 62.7 Å². The van der Waals surface area contributed by atoms with Gasteiger partial charge in [0.05, 0.1) is 25.0 Å². The van der Waals surface area contributed by atoms with Gasteiger partial charge in [0.1, 0.15) is 17.0 Å². The summed E-state index contributed by atoms with van der Waals surface area (Å²) in [5, 5.41) is 8.20. The number of ether oxygens (including phenoxy) is 2. The van der Waals surface area contributed by atoms with Gasteiger partial charge in [0.25, 0.3) is 5.56 Å². The third-order valence-corrected chi connectivity index (χ3v) is 9.51. The number of aliphatic hydroxyl groups excluding tert-OH is 1. The van der Waals surface area contributed by atoms with Crippen molar-refractivity contribution in [3.8, 4) is 0 Å². The minimum absolute atomic E-state index is 0.226. The maximum atomic E-state index is 13.4. The maximum absolute atomic E-state index is 13.4. The summed E-state index contributed by atoms with van der Waals surface area (Å²) >= 11 is 0. The molecule has 41 heavy (non-hydrogen) atoms. The third kappa shape index (κ3) is 5.54. The molecule has 1 saturated heterocycles. The first-order valence-electron chi connectivity index (χ1n) is 13.1. The number of aromatic amines is 1. The molecule has 4 N–H and O–H groups in total. The molecule has 5 rings (SSSR count). The lowest BCUT2D eigenvalue weighted by Crippen LogP contribution is -2.48. The number of aliphatic hydroxyl groups is 1. The molecular formula is C30H31N3O7S. The molecule has 4 aromatic rings. The normalized spacial score (nSPS) is 21.1. The highest BCUT2D eigenvalue weighted by Gasteiger charge is 2.51. The van der Waals surface area contributed by atoms with Gasteiger partial charge in [-0.25, -0.2) is 13.2 Å². The van der Waals surface area contributed by atoms with Crippen molar-refractivity contribution in [3.63, 3.8) is 0 Å². The van der Waals surface area contributed by atoms with Gasteiger partial charge in [0.15, 0.2) is 16.1 Å². The molecule has 4 atom stereocenters. The predicted molar refractivity (Wildman–Crippen MR) is 153 cm³/mol. The van der Waals surface area contributed by atoms with Crippen molar-refractivity contribution < 1.29 is 23.0 Å². The summed E-state index contributed by atoms with van der Waals surface area (Å²) in [5.41, 5.74) is 6.32. The zero-order valence-corrected chi connectivity index (χ0v) is 22.9. The van der Waals surface area contributed by atoms with Crippen LogP contribution in [0.15, 0.2) is 113 Å². The minimum atomic E-state index is -4.00. The molecule has 0 bridgehead atoms. The predicted octanol–water partition coefficient (Wildman–Crippen LogP) is 1.55. The fourth-order valence-electron chi connectivity index (χ4n) is 5.48. The molecule has 1 aromatic heterocycles. The summed E-state index contributed by atoms with van der Waals surface area (Å²) in [5.74, 6) is -0.542. The number of nitrogens with zero attached hydrogens (tertiary/aromatic N) is 1. The molecule has 0 amide bonds. The first-order chi connectivity index (χ1) is 19.8. The van der Waals surface area contributed by atoms with Crippen molar-refractivity contribution in [2.24, 2.45) is 5.73 Å². The number of H-pyrrole nitrogens is 1. The Balaban J connectivity index is 1.61. The number of hydrogen-bond donors (Lipinski definition) is 3. The van der Waals surface area contributed by atoms with Gasteiger partial charge in [0, 0.05) is 12.3 Å². The van der Waals surface area contributed by atoms with Gasteiger partial charge in [0.2, 0.25) is 0 Å². The van der Waals surface area contributed by atoms with E-state index in [-0.39, 0.29) is 6.61 Å². The lowest BCUT2D eigenvalue weighted by Gasteiger charge is -2.37.